The van der Waals surface area contributed by atoms with Gasteiger partial charge in [-0.1, -0.05) is 23.7 Å². The van der Waals surface area contributed by atoms with Crippen LogP contribution in [0.15, 0.2) is 47.5 Å². The van der Waals surface area contributed by atoms with Crippen LogP contribution in [0, 0.1) is 6.92 Å². The average molecular weight is 501 g/mol. The van der Waals surface area contributed by atoms with Crippen molar-refractivity contribution in [3.05, 3.63) is 58.7 Å². The lowest BCUT2D eigenvalue weighted by molar-refractivity contribution is 0.101. The van der Waals surface area contributed by atoms with Gasteiger partial charge in [0, 0.05) is 5.56 Å². The summed E-state index contributed by atoms with van der Waals surface area (Å²) in [5.41, 5.74) is 2.62. The first kappa shape index (κ1) is 25.8. The standard InChI is InChI=1S/C25H29ClN4O3S/c1-14(2)33-22-11-16(5)18(17(6)31)12-21(22)29-25-27-13-19(26)24(30-25)28-20-9-7-8-10-23(20)34(32)15(3)4/h7-15H,1-6H3,(H2,27,28,29,30). The molecular formula is C25H29ClN4O3S. The van der Waals surface area contributed by atoms with Crippen LogP contribution in [0.4, 0.5) is 23.1 Å². The Hall–Kier alpha value is -2.81. The summed E-state index contributed by atoms with van der Waals surface area (Å²) in [7, 11) is 0. The number of ether oxygens (including phenoxy) is 1. The monoisotopic (exact) mass is 500 g/mol. The Morgan fingerprint density at radius 1 is 1.12 bits per heavy atom. The number of Topliss-reactive ketones (excluding diaryl/α,β-unsaturated/α-hetero) is 1. The van der Waals surface area contributed by atoms with Crippen molar-refractivity contribution < 1.29 is 14.1 Å². The number of carbonyl (C=O) groups excluding carboxylic acids is 1. The van der Waals surface area contributed by atoms with Gasteiger partial charge >= 0.3 is 0 Å². The van der Waals surface area contributed by atoms with Gasteiger partial charge in [0.05, 0.1) is 23.7 Å². The number of benzene rings is 2. The Kier molecular flexibility index (Phi) is 8.41. The summed E-state index contributed by atoms with van der Waals surface area (Å²) >= 11 is 5.18. The maximum atomic E-state index is 12.7. The minimum atomic E-state index is -1.20. The van der Waals surface area contributed by atoms with Crippen LogP contribution < -0.4 is 15.4 Å². The molecule has 0 aliphatic rings. The molecule has 0 aliphatic carbocycles. The fraction of sp³-hybridized carbons (Fsp3) is 0.320. The third kappa shape index (κ3) is 6.20. The van der Waals surface area contributed by atoms with E-state index in [1.807, 2.05) is 65.0 Å². The molecule has 1 unspecified atom stereocenters. The number of para-hydroxylation sites is 1. The molecule has 1 aromatic heterocycles. The molecule has 0 amide bonds. The largest absolute Gasteiger partial charge is 0.611 e. The predicted octanol–water partition coefficient (Wildman–Crippen LogP) is 6.43. The van der Waals surface area contributed by atoms with E-state index >= 15 is 0 Å². The highest BCUT2D eigenvalue weighted by Gasteiger charge is 2.21. The third-order valence-electron chi connectivity index (χ3n) is 4.84. The van der Waals surface area contributed by atoms with Gasteiger partial charge in [-0.25, -0.2) is 4.98 Å². The normalized spacial score (nSPS) is 12.1. The summed E-state index contributed by atoms with van der Waals surface area (Å²) in [6.07, 6.45) is 1.41. The number of rotatable bonds is 9. The smallest absolute Gasteiger partial charge is 0.229 e. The number of aryl methyl sites for hydroxylation is 1. The molecule has 0 radical (unpaired) electrons. The molecule has 9 heteroatoms. The van der Waals surface area contributed by atoms with Crippen molar-refractivity contribution in [1.29, 1.82) is 0 Å². The molecule has 0 bridgehead atoms. The van der Waals surface area contributed by atoms with E-state index in [4.69, 9.17) is 16.3 Å². The molecule has 2 aromatic carbocycles. The highest BCUT2D eigenvalue weighted by molar-refractivity contribution is 7.92. The zero-order chi connectivity index (χ0) is 25.0. The van der Waals surface area contributed by atoms with E-state index < -0.39 is 11.2 Å². The van der Waals surface area contributed by atoms with Crippen LogP contribution in [0.1, 0.15) is 50.5 Å². The fourth-order valence-corrected chi connectivity index (χ4v) is 4.47. The van der Waals surface area contributed by atoms with Crippen molar-refractivity contribution >= 4 is 51.7 Å². The number of anilines is 4. The maximum Gasteiger partial charge on any atom is 0.229 e. The van der Waals surface area contributed by atoms with Crippen molar-refractivity contribution in [2.75, 3.05) is 10.6 Å². The molecule has 0 aliphatic heterocycles. The number of hydrogen-bond acceptors (Lipinski definition) is 7. The predicted molar refractivity (Wildman–Crippen MR) is 139 cm³/mol. The molecule has 1 heterocycles. The Bertz CT molecular complexity index is 1190. The van der Waals surface area contributed by atoms with E-state index in [0.717, 1.165) is 5.56 Å². The topological polar surface area (TPSA) is 99.2 Å². The lowest BCUT2D eigenvalue weighted by Gasteiger charge is -2.19. The van der Waals surface area contributed by atoms with Crippen molar-refractivity contribution in [1.82, 2.24) is 9.97 Å². The summed E-state index contributed by atoms with van der Waals surface area (Å²) in [4.78, 5) is 21.6. The summed E-state index contributed by atoms with van der Waals surface area (Å²) in [5, 5.41) is 6.60. The van der Waals surface area contributed by atoms with Crippen molar-refractivity contribution in [3.8, 4) is 5.75 Å². The number of ketones is 1. The van der Waals surface area contributed by atoms with Crippen molar-refractivity contribution in [3.63, 3.8) is 0 Å². The molecule has 2 N–H and O–H groups in total. The molecule has 7 nitrogen and oxygen atoms in total. The highest BCUT2D eigenvalue weighted by Crippen LogP contribution is 2.34. The van der Waals surface area contributed by atoms with Crippen molar-refractivity contribution in [2.24, 2.45) is 0 Å². The second-order valence-corrected chi connectivity index (χ2v) is 10.8. The number of hydrogen-bond donors (Lipinski definition) is 2. The van der Waals surface area contributed by atoms with E-state index in [-0.39, 0.29) is 23.1 Å². The molecule has 3 aromatic rings. The van der Waals surface area contributed by atoms with Gasteiger partial charge in [-0.15, -0.1) is 0 Å². The number of aromatic nitrogens is 2. The Labute approximate surface area is 208 Å². The van der Waals surface area contributed by atoms with E-state index in [1.54, 1.807) is 6.07 Å². The van der Waals surface area contributed by atoms with Crippen LogP contribution in [0.5, 0.6) is 5.75 Å². The molecule has 3 rings (SSSR count). The molecular weight excluding hydrogens is 472 g/mol. The molecule has 0 spiro atoms. The first-order valence-electron chi connectivity index (χ1n) is 10.9. The van der Waals surface area contributed by atoms with Crippen LogP contribution in [-0.2, 0) is 11.2 Å². The average Bonchev–Trinajstić information content (AvgIpc) is 2.77. The number of nitrogens with zero attached hydrogens (tertiary/aromatic N) is 2. The molecule has 0 fully saturated rings. The molecule has 180 valence electrons. The van der Waals surface area contributed by atoms with E-state index in [1.165, 1.54) is 13.1 Å². The van der Waals surface area contributed by atoms with Crippen LogP contribution in [0.3, 0.4) is 0 Å². The lowest BCUT2D eigenvalue weighted by atomic mass is 10.0. The van der Waals surface area contributed by atoms with E-state index in [2.05, 4.69) is 20.6 Å². The Morgan fingerprint density at radius 2 is 1.82 bits per heavy atom. The Balaban J connectivity index is 1.97. The molecule has 0 saturated carbocycles. The molecule has 1 atom stereocenters. The summed E-state index contributed by atoms with van der Waals surface area (Å²) < 4.78 is 18.7. The number of carbonyl (C=O) groups is 1. The number of halogens is 1. The minimum Gasteiger partial charge on any atom is -0.611 e. The zero-order valence-corrected chi connectivity index (χ0v) is 21.7. The zero-order valence-electron chi connectivity index (χ0n) is 20.1. The Morgan fingerprint density at radius 3 is 2.47 bits per heavy atom. The van der Waals surface area contributed by atoms with Gasteiger partial charge in [-0.3, -0.25) is 4.79 Å². The van der Waals surface area contributed by atoms with Crippen molar-refractivity contribution in [2.45, 2.75) is 57.8 Å². The van der Waals surface area contributed by atoms with E-state index in [0.29, 0.717) is 38.4 Å². The second kappa shape index (κ2) is 11.1. The quantitative estimate of drug-likeness (QED) is 0.258. The first-order chi connectivity index (χ1) is 16.1. The molecule has 34 heavy (non-hydrogen) atoms. The summed E-state index contributed by atoms with van der Waals surface area (Å²) in [6, 6.07) is 10.9. The van der Waals surface area contributed by atoms with Crippen LogP contribution >= 0.6 is 11.6 Å². The lowest BCUT2D eigenvalue weighted by Crippen LogP contribution is -2.15. The van der Waals surface area contributed by atoms with Gasteiger partial charge in [0.25, 0.3) is 0 Å². The first-order valence-corrected chi connectivity index (χ1v) is 12.5. The van der Waals surface area contributed by atoms with Gasteiger partial charge in [-0.05, 0) is 82.5 Å². The van der Waals surface area contributed by atoms with E-state index in [9.17, 15) is 9.35 Å². The van der Waals surface area contributed by atoms with Gasteiger partial charge < -0.3 is 19.9 Å². The third-order valence-corrected chi connectivity index (χ3v) is 6.77. The van der Waals surface area contributed by atoms with Gasteiger partial charge in [0.2, 0.25) is 5.95 Å². The summed E-state index contributed by atoms with van der Waals surface area (Å²) in [6.45, 7) is 11.1. The SMILES string of the molecule is CC(=O)c1cc(Nc2ncc(Cl)c(Nc3ccccc3[S+]([O-])C(C)C)n2)c(OC(C)C)cc1C. The van der Waals surface area contributed by atoms with Gasteiger partial charge in [0.1, 0.15) is 16.0 Å². The molecule has 0 saturated heterocycles. The minimum absolute atomic E-state index is 0.0440. The highest BCUT2D eigenvalue weighted by atomic mass is 35.5. The fourth-order valence-electron chi connectivity index (χ4n) is 3.27. The van der Waals surface area contributed by atoms with Crippen LogP contribution in [-0.4, -0.2) is 31.7 Å². The second-order valence-electron chi connectivity index (χ2n) is 8.37. The maximum absolute atomic E-state index is 12.7. The van der Waals surface area contributed by atoms with Gasteiger partial charge in [-0.2, -0.15) is 4.98 Å². The van der Waals surface area contributed by atoms with Gasteiger partial charge in [0.15, 0.2) is 16.5 Å². The summed E-state index contributed by atoms with van der Waals surface area (Å²) in [5.74, 6) is 1.16. The van der Waals surface area contributed by atoms with Crippen LogP contribution in [0.2, 0.25) is 5.02 Å². The number of nitrogens with one attached hydrogen (secondary N) is 2. The van der Waals surface area contributed by atoms with Crippen LogP contribution in [0.25, 0.3) is 0 Å².